The molecule has 4 aromatic heterocycles. The van der Waals surface area contributed by atoms with E-state index < -0.39 is 0 Å². The summed E-state index contributed by atoms with van der Waals surface area (Å²) in [5.74, 6) is 5.50. The molecule has 0 N–H and O–H groups in total. The maximum atomic E-state index is 5.12. The number of nitrogens with zero attached hydrogens (tertiary/aromatic N) is 6. The molecule has 0 atom stereocenters. The number of aromatic nitrogens is 6. The second-order valence-electron chi connectivity index (χ2n) is 9.70. The van der Waals surface area contributed by atoms with Crippen molar-refractivity contribution in [2.24, 2.45) is 0 Å². The Balaban J connectivity index is 0.000000240. The van der Waals surface area contributed by atoms with E-state index in [1.165, 1.54) is 4.88 Å². The van der Waals surface area contributed by atoms with Crippen molar-refractivity contribution in [1.29, 1.82) is 0 Å². The molecule has 4 heterocycles. The van der Waals surface area contributed by atoms with Crippen molar-refractivity contribution in [3.63, 3.8) is 0 Å². The molecule has 0 bridgehead atoms. The fraction of sp³-hybridized carbons (Fsp3) is 0.615. The molecular weight excluding hydrogens is 476 g/mol. The lowest BCUT2D eigenvalue weighted by atomic mass is 10.1. The van der Waals surface area contributed by atoms with Crippen molar-refractivity contribution < 1.29 is 13.5 Å². The first-order valence-electron chi connectivity index (χ1n) is 12.3. The molecule has 0 radical (unpaired) electrons. The maximum Gasteiger partial charge on any atom is 0.229 e. The molecule has 0 fully saturated rings. The molecule has 0 saturated carbocycles. The van der Waals surface area contributed by atoms with Gasteiger partial charge in [-0.1, -0.05) is 65.7 Å². The van der Waals surface area contributed by atoms with Gasteiger partial charge < -0.3 is 13.5 Å². The second kappa shape index (κ2) is 15.3. The molecule has 0 aliphatic rings. The Morgan fingerprint density at radius 2 is 1.31 bits per heavy atom. The highest BCUT2D eigenvalue weighted by atomic mass is 32.1. The van der Waals surface area contributed by atoms with E-state index >= 15 is 0 Å². The van der Waals surface area contributed by atoms with Crippen LogP contribution in [0.15, 0.2) is 25.6 Å². The van der Waals surface area contributed by atoms with E-state index in [1.54, 1.807) is 18.5 Å². The van der Waals surface area contributed by atoms with Crippen LogP contribution in [0.4, 0.5) is 0 Å². The number of hydrogen-bond donors (Lipinski definition) is 0. The van der Waals surface area contributed by atoms with Gasteiger partial charge in [0.1, 0.15) is 5.76 Å². The van der Waals surface area contributed by atoms with E-state index in [4.69, 9.17) is 13.5 Å². The van der Waals surface area contributed by atoms with Gasteiger partial charge in [0.15, 0.2) is 5.82 Å². The van der Waals surface area contributed by atoms with E-state index in [9.17, 15) is 0 Å². The van der Waals surface area contributed by atoms with Crippen molar-refractivity contribution in [3.05, 3.63) is 57.7 Å². The van der Waals surface area contributed by atoms with Gasteiger partial charge in [0.2, 0.25) is 17.7 Å². The summed E-state index contributed by atoms with van der Waals surface area (Å²) in [7, 11) is 0. The van der Waals surface area contributed by atoms with Crippen LogP contribution in [0, 0.1) is 27.7 Å². The Bertz CT molecular complexity index is 947. The van der Waals surface area contributed by atoms with Gasteiger partial charge >= 0.3 is 0 Å². The van der Waals surface area contributed by atoms with Crippen molar-refractivity contribution in [2.45, 2.75) is 107 Å². The van der Waals surface area contributed by atoms with Gasteiger partial charge in [-0.05, 0) is 44.3 Å². The fourth-order valence-electron chi connectivity index (χ4n) is 2.40. The molecule has 200 valence electrons. The topological polar surface area (TPSA) is 117 Å². The molecular formula is C26H42N6O3S. The number of rotatable bonds is 4. The van der Waals surface area contributed by atoms with E-state index in [0.29, 0.717) is 47.2 Å². The molecule has 4 rings (SSSR count). The minimum absolute atomic E-state index is 0.339. The highest BCUT2D eigenvalue weighted by Crippen LogP contribution is 2.19. The summed E-state index contributed by atoms with van der Waals surface area (Å²) >= 11 is 1.61. The average Bonchev–Trinajstić information content (AvgIpc) is 3.58. The van der Waals surface area contributed by atoms with Crippen molar-refractivity contribution in [1.82, 2.24) is 29.9 Å². The summed E-state index contributed by atoms with van der Waals surface area (Å²) in [6.45, 7) is 24.2. The van der Waals surface area contributed by atoms with Crippen LogP contribution in [0.5, 0.6) is 0 Å². The van der Waals surface area contributed by atoms with Crippen LogP contribution in [0.2, 0.25) is 0 Å². The minimum Gasteiger partial charge on any atom is -0.425 e. The molecule has 0 saturated heterocycles. The third-order valence-electron chi connectivity index (χ3n) is 4.50. The zero-order chi connectivity index (χ0) is 27.4. The zero-order valence-corrected chi connectivity index (χ0v) is 24.6. The summed E-state index contributed by atoms with van der Waals surface area (Å²) in [6.07, 6.45) is 0. The molecule has 0 aliphatic carbocycles. The lowest BCUT2D eigenvalue weighted by Crippen LogP contribution is -1.85. The molecule has 4 aromatic rings. The number of hydrogen-bond acceptors (Lipinski definition) is 10. The van der Waals surface area contributed by atoms with Crippen LogP contribution in [-0.2, 0) is 0 Å². The van der Waals surface area contributed by atoms with Crippen molar-refractivity contribution in [3.8, 4) is 0 Å². The Morgan fingerprint density at radius 3 is 1.53 bits per heavy atom. The summed E-state index contributed by atoms with van der Waals surface area (Å²) < 4.78 is 19.1. The standard InChI is InChI=1S/C7H11NO.C7H11NS.2C6H10N2O/c2*1-5(2)7-4-6(3)8-9-7;1-4(2)6-8-7-5(3)9-6;1-4(2)6-7-5(3)8-9-6/h2*4-5H,1-3H3;2*4H,1-3H3. The molecule has 0 unspecified atom stereocenters. The van der Waals surface area contributed by atoms with E-state index in [2.05, 4.69) is 63.6 Å². The predicted molar refractivity (Wildman–Crippen MR) is 143 cm³/mol. The zero-order valence-electron chi connectivity index (χ0n) is 23.8. The Hall–Kier alpha value is -2.88. The van der Waals surface area contributed by atoms with Gasteiger partial charge in [0.25, 0.3) is 0 Å². The van der Waals surface area contributed by atoms with Crippen molar-refractivity contribution >= 4 is 11.5 Å². The summed E-state index contributed by atoms with van der Waals surface area (Å²) in [6, 6.07) is 4.11. The number of aryl methyl sites for hydroxylation is 4. The normalized spacial score (nSPS) is 10.7. The van der Waals surface area contributed by atoms with Crippen LogP contribution < -0.4 is 0 Å². The van der Waals surface area contributed by atoms with E-state index in [1.807, 2.05) is 54.5 Å². The smallest absolute Gasteiger partial charge is 0.229 e. The monoisotopic (exact) mass is 518 g/mol. The van der Waals surface area contributed by atoms with E-state index in [0.717, 1.165) is 17.1 Å². The van der Waals surface area contributed by atoms with E-state index in [-0.39, 0.29) is 0 Å². The summed E-state index contributed by atoms with van der Waals surface area (Å²) in [5, 5.41) is 14.9. The first-order valence-corrected chi connectivity index (χ1v) is 13.0. The van der Waals surface area contributed by atoms with Gasteiger partial charge in [-0.15, -0.1) is 10.2 Å². The molecule has 36 heavy (non-hydrogen) atoms. The van der Waals surface area contributed by atoms with Gasteiger partial charge in [0.05, 0.1) is 11.4 Å². The van der Waals surface area contributed by atoms with Crippen LogP contribution in [0.25, 0.3) is 0 Å². The van der Waals surface area contributed by atoms with Gasteiger partial charge in [-0.2, -0.15) is 9.36 Å². The fourth-order valence-corrected chi connectivity index (χ4v) is 3.14. The molecule has 0 amide bonds. The van der Waals surface area contributed by atoms with Crippen molar-refractivity contribution in [2.75, 3.05) is 0 Å². The minimum atomic E-state index is 0.339. The third kappa shape index (κ3) is 11.7. The molecule has 0 aliphatic heterocycles. The summed E-state index contributed by atoms with van der Waals surface area (Å²) in [5.41, 5.74) is 2.10. The van der Waals surface area contributed by atoms with Crippen LogP contribution in [0.3, 0.4) is 0 Å². The van der Waals surface area contributed by atoms with Crippen LogP contribution in [0.1, 0.15) is 125 Å². The lowest BCUT2D eigenvalue weighted by molar-refractivity contribution is 0.362. The first-order chi connectivity index (χ1) is 16.8. The Kier molecular flexibility index (Phi) is 13.2. The first kappa shape index (κ1) is 31.2. The molecule has 10 heteroatoms. The maximum absolute atomic E-state index is 5.12. The predicted octanol–water partition coefficient (Wildman–Crippen LogP) is 7.68. The highest BCUT2D eigenvalue weighted by molar-refractivity contribution is 7.05. The molecule has 0 spiro atoms. The molecule has 9 nitrogen and oxygen atoms in total. The van der Waals surface area contributed by atoms with Gasteiger partial charge in [0, 0.05) is 35.6 Å². The van der Waals surface area contributed by atoms with Gasteiger partial charge in [-0.3, -0.25) is 0 Å². The Labute approximate surface area is 219 Å². The van der Waals surface area contributed by atoms with Gasteiger partial charge in [-0.25, -0.2) is 0 Å². The second-order valence-corrected chi connectivity index (χ2v) is 10.5. The third-order valence-corrected chi connectivity index (χ3v) is 5.68. The molecule has 0 aromatic carbocycles. The Morgan fingerprint density at radius 1 is 0.667 bits per heavy atom. The quantitative estimate of drug-likeness (QED) is 0.268. The van der Waals surface area contributed by atoms with Crippen LogP contribution >= 0.6 is 11.5 Å². The lowest BCUT2D eigenvalue weighted by Gasteiger charge is -1.94. The average molecular weight is 519 g/mol. The highest BCUT2D eigenvalue weighted by Gasteiger charge is 2.06. The largest absolute Gasteiger partial charge is 0.425 e. The van der Waals surface area contributed by atoms with Crippen LogP contribution in [-0.4, -0.2) is 29.9 Å². The SMILES string of the molecule is Cc1cc(C(C)C)on1.Cc1cc(C(C)C)sn1.Cc1nnc(C(C)C)o1.Cc1noc(C(C)C)n1. The summed E-state index contributed by atoms with van der Waals surface area (Å²) in [4.78, 5) is 5.41.